The summed E-state index contributed by atoms with van der Waals surface area (Å²) in [6.07, 6.45) is 13.5. The van der Waals surface area contributed by atoms with Crippen molar-refractivity contribution in [1.82, 2.24) is 4.90 Å². The van der Waals surface area contributed by atoms with Crippen LogP contribution in [0.15, 0.2) is 0 Å². The van der Waals surface area contributed by atoms with Crippen LogP contribution in [0, 0.1) is 0 Å². The van der Waals surface area contributed by atoms with Crippen molar-refractivity contribution in [3.8, 4) is 0 Å². The molecular weight excluding hydrogens is 226 g/mol. The Hall–Kier alpha value is -0.120. The smallest absolute Gasteiger partial charge is 0.218 e. The monoisotopic (exact) mass is 255 g/mol. The molecule has 2 fully saturated rings. The van der Waals surface area contributed by atoms with Crippen molar-refractivity contribution in [2.24, 2.45) is 0 Å². The molecule has 106 valence electrons. The first-order chi connectivity index (χ1) is 8.75. The van der Waals surface area contributed by atoms with Crippen LogP contribution in [-0.2, 0) is 9.47 Å². The van der Waals surface area contributed by atoms with E-state index in [1.165, 1.54) is 64.2 Å². The minimum Gasteiger partial charge on any atom is -0.336 e. The number of hydrogen-bond donors (Lipinski definition) is 0. The molecule has 2 aliphatic rings. The molecule has 0 atom stereocenters. The molecule has 18 heavy (non-hydrogen) atoms. The zero-order valence-electron chi connectivity index (χ0n) is 12.1. The van der Waals surface area contributed by atoms with Gasteiger partial charge >= 0.3 is 0 Å². The Morgan fingerprint density at radius 3 is 1.44 bits per heavy atom. The molecule has 0 spiro atoms. The van der Waals surface area contributed by atoms with E-state index in [9.17, 15) is 0 Å². The lowest BCUT2D eigenvalue weighted by Crippen LogP contribution is -2.40. The van der Waals surface area contributed by atoms with E-state index in [0.717, 1.165) is 0 Å². The Morgan fingerprint density at radius 1 is 0.722 bits per heavy atom. The van der Waals surface area contributed by atoms with Crippen LogP contribution in [0.2, 0.25) is 0 Å². The molecular formula is C15H29NO2. The van der Waals surface area contributed by atoms with Crippen LogP contribution in [-0.4, -0.2) is 37.6 Å². The molecule has 0 aromatic rings. The van der Waals surface area contributed by atoms with Gasteiger partial charge in [-0.3, -0.25) is 4.90 Å². The molecule has 0 saturated heterocycles. The second kappa shape index (κ2) is 7.46. The number of hydrogen-bond acceptors (Lipinski definition) is 3. The predicted molar refractivity (Wildman–Crippen MR) is 73.4 cm³/mol. The molecule has 0 bridgehead atoms. The number of rotatable bonds is 5. The van der Waals surface area contributed by atoms with Gasteiger partial charge in [-0.2, -0.15) is 0 Å². The van der Waals surface area contributed by atoms with Crippen LogP contribution in [0.3, 0.4) is 0 Å². The fourth-order valence-electron chi connectivity index (χ4n) is 3.01. The zero-order valence-corrected chi connectivity index (χ0v) is 12.1. The highest BCUT2D eigenvalue weighted by Crippen LogP contribution is 2.25. The number of nitrogens with zero attached hydrogens (tertiary/aromatic N) is 1. The highest BCUT2D eigenvalue weighted by molar-refractivity contribution is 4.68. The van der Waals surface area contributed by atoms with Crippen molar-refractivity contribution in [2.45, 2.75) is 82.8 Å². The average Bonchev–Trinajstić information content (AvgIpc) is 2.40. The van der Waals surface area contributed by atoms with Crippen LogP contribution in [0.4, 0.5) is 0 Å². The van der Waals surface area contributed by atoms with Crippen LogP contribution in [0.5, 0.6) is 0 Å². The SMILES string of the molecule is CN(C)C(OC1CCCCC1)OC1CCCCC1. The maximum Gasteiger partial charge on any atom is 0.218 e. The lowest BCUT2D eigenvalue weighted by atomic mass is 9.97. The summed E-state index contributed by atoms with van der Waals surface area (Å²) in [4.78, 5) is 2.07. The van der Waals surface area contributed by atoms with Crippen molar-refractivity contribution in [3.05, 3.63) is 0 Å². The van der Waals surface area contributed by atoms with E-state index < -0.39 is 0 Å². The average molecular weight is 255 g/mol. The highest BCUT2D eigenvalue weighted by Gasteiger charge is 2.25. The van der Waals surface area contributed by atoms with E-state index in [-0.39, 0.29) is 6.41 Å². The molecule has 0 aliphatic heterocycles. The maximum atomic E-state index is 6.16. The molecule has 0 amide bonds. The van der Waals surface area contributed by atoms with Crippen LogP contribution < -0.4 is 0 Å². The van der Waals surface area contributed by atoms with Crippen molar-refractivity contribution in [2.75, 3.05) is 14.1 Å². The second-order valence-corrected chi connectivity index (χ2v) is 6.06. The van der Waals surface area contributed by atoms with Crippen molar-refractivity contribution in [1.29, 1.82) is 0 Å². The van der Waals surface area contributed by atoms with Crippen molar-refractivity contribution < 1.29 is 9.47 Å². The van der Waals surface area contributed by atoms with Crippen LogP contribution >= 0.6 is 0 Å². The summed E-state index contributed by atoms with van der Waals surface area (Å²) in [6.45, 7) is 0. The maximum absolute atomic E-state index is 6.16. The lowest BCUT2D eigenvalue weighted by Gasteiger charge is -2.34. The normalized spacial score (nSPS) is 24.0. The Labute approximate surface area is 112 Å². The van der Waals surface area contributed by atoms with Crippen molar-refractivity contribution >= 4 is 0 Å². The summed E-state index contributed by atoms with van der Waals surface area (Å²) in [7, 11) is 4.10. The van der Waals surface area contributed by atoms with Gasteiger partial charge in [-0.05, 0) is 39.8 Å². The summed E-state index contributed by atoms with van der Waals surface area (Å²) < 4.78 is 12.3. The fraction of sp³-hybridized carbons (Fsp3) is 1.00. The molecule has 0 radical (unpaired) electrons. The largest absolute Gasteiger partial charge is 0.336 e. The van der Waals surface area contributed by atoms with Gasteiger partial charge in [0.25, 0.3) is 0 Å². The van der Waals surface area contributed by atoms with E-state index in [1.807, 2.05) is 0 Å². The van der Waals surface area contributed by atoms with E-state index in [1.54, 1.807) is 0 Å². The molecule has 3 heteroatoms. The molecule has 0 aromatic heterocycles. The minimum absolute atomic E-state index is 0.142. The Morgan fingerprint density at radius 2 is 1.11 bits per heavy atom. The molecule has 2 rings (SSSR count). The first kappa shape index (κ1) is 14.3. The summed E-state index contributed by atoms with van der Waals surface area (Å²) in [5.41, 5.74) is 0. The molecule has 2 saturated carbocycles. The van der Waals surface area contributed by atoms with E-state index in [4.69, 9.17) is 9.47 Å². The van der Waals surface area contributed by atoms with Gasteiger partial charge in [0, 0.05) is 0 Å². The van der Waals surface area contributed by atoms with Crippen LogP contribution in [0.25, 0.3) is 0 Å². The zero-order chi connectivity index (χ0) is 12.8. The van der Waals surface area contributed by atoms with Gasteiger partial charge in [-0.25, -0.2) is 0 Å². The molecule has 0 aromatic carbocycles. The van der Waals surface area contributed by atoms with Crippen molar-refractivity contribution in [3.63, 3.8) is 0 Å². The van der Waals surface area contributed by atoms with Gasteiger partial charge < -0.3 is 9.47 Å². The van der Waals surface area contributed by atoms with Gasteiger partial charge in [0.05, 0.1) is 12.2 Å². The minimum atomic E-state index is -0.142. The summed E-state index contributed by atoms with van der Waals surface area (Å²) in [5.74, 6) is 0. The molecule has 3 nitrogen and oxygen atoms in total. The van der Waals surface area contributed by atoms with Gasteiger partial charge in [-0.1, -0.05) is 38.5 Å². The molecule has 2 aliphatic carbocycles. The van der Waals surface area contributed by atoms with E-state index >= 15 is 0 Å². The predicted octanol–water partition coefficient (Wildman–Crippen LogP) is 3.53. The lowest BCUT2D eigenvalue weighted by molar-refractivity contribution is -0.259. The standard InChI is InChI=1S/C15H29NO2/c1-16(2)15(17-13-9-5-3-6-10-13)18-14-11-7-4-8-12-14/h13-15H,3-12H2,1-2H3. The third-order valence-electron chi connectivity index (χ3n) is 4.14. The Bertz CT molecular complexity index is 201. The van der Waals surface area contributed by atoms with Gasteiger partial charge in [-0.15, -0.1) is 0 Å². The molecule has 0 unspecified atom stereocenters. The van der Waals surface area contributed by atoms with E-state index in [0.29, 0.717) is 12.2 Å². The Kier molecular flexibility index (Phi) is 5.93. The third-order valence-corrected chi connectivity index (χ3v) is 4.14. The summed E-state index contributed by atoms with van der Waals surface area (Å²) in [6, 6.07) is 0. The second-order valence-electron chi connectivity index (χ2n) is 6.06. The summed E-state index contributed by atoms with van der Waals surface area (Å²) in [5, 5.41) is 0. The van der Waals surface area contributed by atoms with E-state index in [2.05, 4.69) is 19.0 Å². The van der Waals surface area contributed by atoms with Gasteiger partial charge in [0.15, 0.2) is 0 Å². The van der Waals surface area contributed by atoms with Gasteiger partial charge in [0.1, 0.15) is 0 Å². The molecule has 0 N–H and O–H groups in total. The molecule has 0 heterocycles. The summed E-state index contributed by atoms with van der Waals surface area (Å²) >= 11 is 0. The quantitative estimate of drug-likeness (QED) is 0.701. The van der Waals surface area contributed by atoms with Crippen LogP contribution in [0.1, 0.15) is 64.2 Å². The first-order valence-electron chi connectivity index (χ1n) is 7.73. The first-order valence-corrected chi connectivity index (χ1v) is 7.73. The Balaban J connectivity index is 1.78. The number of ether oxygens (including phenoxy) is 2. The highest BCUT2D eigenvalue weighted by atomic mass is 16.7. The fourth-order valence-corrected chi connectivity index (χ4v) is 3.01. The topological polar surface area (TPSA) is 21.7 Å². The van der Waals surface area contributed by atoms with Gasteiger partial charge in [0.2, 0.25) is 6.41 Å². The third kappa shape index (κ3) is 4.52.